The number of nitrogens with two attached hydrogens (primary N) is 1. The van der Waals surface area contributed by atoms with E-state index >= 15 is 0 Å². The molecule has 104 valence electrons. The van der Waals surface area contributed by atoms with Gasteiger partial charge in [0.15, 0.2) is 0 Å². The summed E-state index contributed by atoms with van der Waals surface area (Å²) in [5.41, 5.74) is 4.72. The minimum atomic E-state index is -0.711. The molecule has 1 atom stereocenters. The molecule has 6 heteroatoms. The standard InChI is InChI=1S/C12H23N3O2S/c1-3-6-14-10(16)7-18-8-12(2,11(13)17)15-9-4-5-9/h9,15H,3-8H2,1-2H3,(H2,13,17)(H,14,16). The molecule has 1 fully saturated rings. The van der Waals surface area contributed by atoms with E-state index in [4.69, 9.17) is 5.73 Å². The molecule has 1 unspecified atom stereocenters. The quantitative estimate of drug-likeness (QED) is 0.562. The third kappa shape index (κ3) is 5.27. The molecule has 0 spiro atoms. The van der Waals surface area contributed by atoms with Gasteiger partial charge in [-0.2, -0.15) is 0 Å². The lowest BCUT2D eigenvalue weighted by atomic mass is 10.1. The molecule has 0 radical (unpaired) electrons. The fraction of sp³-hybridized carbons (Fsp3) is 0.833. The third-order valence-electron chi connectivity index (χ3n) is 2.84. The Hall–Kier alpha value is -0.750. The Balaban J connectivity index is 2.28. The molecule has 0 saturated heterocycles. The van der Waals surface area contributed by atoms with Crippen molar-refractivity contribution in [3.8, 4) is 0 Å². The van der Waals surface area contributed by atoms with Crippen LogP contribution in [0.4, 0.5) is 0 Å². The highest BCUT2D eigenvalue weighted by atomic mass is 32.2. The van der Waals surface area contributed by atoms with Crippen LogP contribution >= 0.6 is 11.8 Å². The number of nitrogens with one attached hydrogen (secondary N) is 2. The van der Waals surface area contributed by atoms with Gasteiger partial charge < -0.3 is 16.4 Å². The Morgan fingerprint density at radius 3 is 2.61 bits per heavy atom. The molecular formula is C12H23N3O2S. The van der Waals surface area contributed by atoms with E-state index in [9.17, 15) is 9.59 Å². The summed E-state index contributed by atoms with van der Waals surface area (Å²) in [6, 6.07) is 0.414. The first-order valence-electron chi connectivity index (χ1n) is 6.40. The fourth-order valence-corrected chi connectivity index (χ4v) is 2.55. The maximum atomic E-state index is 11.5. The van der Waals surface area contributed by atoms with Crippen LogP contribution in [0.15, 0.2) is 0 Å². The van der Waals surface area contributed by atoms with Gasteiger partial charge in [-0.05, 0) is 26.2 Å². The predicted molar refractivity (Wildman–Crippen MR) is 74.4 cm³/mol. The van der Waals surface area contributed by atoms with Gasteiger partial charge in [-0.15, -0.1) is 11.8 Å². The van der Waals surface area contributed by atoms with Crippen molar-refractivity contribution in [3.63, 3.8) is 0 Å². The second-order valence-electron chi connectivity index (χ2n) is 4.96. The van der Waals surface area contributed by atoms with Crippen LogP contribution in [0.1, 0.15) is 33.1 Å². The number of amides is 2. The zero-order valence-corrected chi connectivity index (χ0v) is 11.9. The number of carbonyl (C=O) groups is 2. The van der Waals surface area contributed by atoms with Gasteiger partial charge in [-0.3, -0.25) is 9.59 Å². The molecule has 5 nitrogen and oxygen atoms in total. The van der Waals surface area contributed by atoms with E-state index in [0.29, 0.717) is 24.1 Å². The van der Waals surface area contributed by atoms with Crippen molar-refractivity contribution in [3.05, 3.63) is 0 Å². The van der Waals surface area contributed by atoms with E-state index < -0.39 is 5.54 Å². The molecule has 0 aromatic heterocycles. The zero-order valence-electron chi connectivity index (χ0n) is 11.1. The van der Waals surface area contributed by atoms with Gasteiger partial charge in [-0.25, -0.2) is 0 Å². The van der Waals surface area contributed by atoms with Gasteiger partial charge >= 0.3 is 0 Å². The van der Waals surface area contributed by atoms with Crippen molar-refractivity contribution in [2.45, 2.75) is 44.7 Å². The van der Waals surface area contributed by atoms with E-state index in [1.807, 2.05) is 13.8 Å². The summed E-state index contributed by atoms with van der Waals surface area (Å²) < 4.78 is 0. The molecule has 1 saturated carbocycles. The third-order valence-corrected chi connectivity index (χ3v) is 4.09. The van der Waals surface area contributed by atoms with E-state index in [0.717, 1.165) is 19.3 Å². The summed E-state index contributed by atoms with van der Waals surface area (Å²) in [5.74, 6) is 0.559. The SMILES string of the molecule is CCCNC(=O)CSCC(C)(NC1CC1)C(N)=O. The molecule has 0 aliphatic heterocycles. The van der Waals surface area contributed by atoms with Crippen LogP contribution in [0.2, 0.25) is 0 Å². The van der Waals surface area contributed by atoms with Gasteiger partial charge in [0.2, 0.25) is 11.8 Å². The van der Waals surface area contributed by atoms with Crippen LogP contribution in [0, 0.1) is 0 Å². The Morgan fingerprint density at radius 1 is 1.44 bits per heavy atom. The van der Waals surface area contributed by atoms with Gasteiger partial charge in [0.25, 0.3) is 0 Å². The van der Waals surface area contributed by atoms with Crippen molar-refractivity contribution in [1.29, 1.82) is 0 Å². The number of hydrogen-bond acceptors (Lipinski definition) is 4. The van der Waals surface area contributed by atoms with Crippen molar-refractivity contribution in [1.82, 2.24) is 10.6 Å². The number of thioether (sulfide) groups is 1. The minimum absolute atomic E-state index is 0.0140. The Labute approximate surface area is 113 Å². The van der Waals surface area contributed by atoms with Crippen molar-refractivity contribution in [2.24, 2.45) is 5.73 Å². The second kappa shape index (κ2) is 6.99. The molecule has 1 aliphatic carbocycles. The lowest BCUT2D eigenvalue weighted by molar-refractivity contribution is -0.123. The zero-order chi connectivity index (χ0) is 13.6. The normalized spacial score (nSPS) is 18.1. The molecule has 0 aromatic rings. The highest BCUT2D eigenvalue weighted by Gasteiger charge is 2.36. The van der Waals surface area contributed by atoms with Crippen molar-refractivity contribution < 1.29 is 9.59 Å². The molecule has 0 aromatic carbocycles. The van der Waals surface area contributed by atoms with Crippen molar-refractivity contribution in [2.75, 3.05) is 18.1 Å². The first-order valence-corrected chi connectivity index (χ1v) is 7.55. The Morgan fingerprint density at radius 2 is 2.11 bits per heavy atom. The minimum Gasteiger partial charge on any atom is -0.368 e. The van der Waals surface area contributed by atoms with E-state index in [1.165, 1.54) is 11.8 Å². The molecule has 18 heavy (non-hydrogen) atoms. The monoisotopic (exact) mass is 273 g/mol. The summed E-state index contributed by atoms with van der Waals surface area (Å²) in [5, 5.41) is 6.06. The molecular weight excluding hydrogens is 250 g/mol. The van der Waals surface area contributed by atoms with Gasteiger partial charge in [0, 0.05) is 18.3 Å². The average Bonchev–Trinajstić information content (AvgIpc) is 3.09. The first kappa shape index (κ1) is 15.3. The van der Waals surface area contributed by atoms with Crippen molar-refractivity contribution >= 4 is 23.6 Å². The lowest BCUT2D eigenvalue weighted by Crippen LogP contribution is -2.56. The molecule has 0 heterocycles. The summed E-state index contributed by atoms with van der Waals surface area (Å²) in [4.78, 5) is 22.9. The molecule has 0 bridgehead atoms. The van der Waals surface area contributed by atoms with E-state index in [-0.39, 0.29) is 11.8 Å². The smallest absolute Gasteiger partial charge is 0.238 e. The number of rotatable bonds is 9. The molecule has 1 rings (SSSR count). The van der Waals surface area contributed by atoms with E-state index in [1.54, 1.807) is 0 Å². The number of hydrogen-bond donors (Lipinski definition) is 3. The largest absolute Gasteiger partial charge is 0.368 e. The second-order valence-corrected chi connectivity index (χ2v) is 5.94. The van der Waals surface area contributed by atoms with Crippen LogP contribution < -0.4 is 16.4 Å². The maximum Gasteiger partial charge on any atom is 0.238 e. The van der Waals surface area contributed by atoms with Crippen LogP contribution in [0.5, 0.6) is 0 Å². The Bertz CT molecular complexity index is 308. The van der Waals surface area contributed by atoms with Gasteiger partial charge in [0.05, 0.1) is 5.75 Å². The molecule has 4 N–H and O–H groups in total. The average molecular weight is 273 g/mol. The maximum absolute atomic E-state index is 11.5. The van der Waals surface area contributed by atoms with E-state index in [2.05, 4.69) is 10.6 Å². The number of primary amides is 1. The topological polar surface area (TPSA) is 84.2 Å². The first-order chi connectivity index (χ1) is 8.48. The lowest BCUT2D eigenvalue weighted by Gasteiger charge is -2.27. The summed E-state index contributed by atoms with van der Waals surface area (Å²) in [6.07, 6.45) is 3.13. The number of carbonyl (C=O) groups excluding carboxylic acids is 2. The molecule has 2 amide bonds. The summed E-state index contributed by atoms with van der Waals surface area (Å²) in [7, 11) is 0. The molecule has 1 aliphatic rings. The predicted octanol–water partition coefficient (Wildman–Crippen LogP) is 0.242. The van der Waals surface area contributed by atoms with Crippen LogP contribution in [0.3, 0.4) is 0 Å². The van der Waals surface area contributed by atoms with Crippen LogP contribution in [0.25, 0.3) is 0 Å². The fourth-order valence-electron chi connectivity index (χ4n) is 1.53. The van der Waals surface area contributed by atoms with Gasteiger partial charge in [-0.1, -0.05) is 6.92 Å². The summed E-state index contributed by atoms with van der Waals surface area (Å²) >= 11 is 1.44. The Kier molecular flexibility index (Phi) is 5.95. The van der Waals surface area contributed by atoms with Gasteiger partial charge in [0.1, 0.15) is 5.54 Å². The van der Waals surface area contributed by atoms with Crippen LogP contribution in [-0.4, -0.2) is 41.4 Å². The summed E-state index contributed by atoms with van der Waals surface area (Å²) in [6.45, 7) is 4.52. The van der Waals surface area contributed by atoms with Crippen LogP contribution in [-0.2, 0) is 9.59 Å². The highest BCUT2D eigenvalue weighted by molar-refractivity contribution is 8.00. The highest BCUT2D eigenvalue weighted by Crippen LogP contribution is 2.24.